The molecule has 0 aliphatic carbocycles. The summed E-state index contributed by atoms with van der Waals surface area (Å²) < 4.78 is 0. The average Bonchev–Trinajstić information content (AvgIpc) is 3.02. The first-order chi connectivity index (χ1) is 8.34. The fourth-order valence-electron chi connectivity index (χ4n) is 1.80. The molecule has 3 rings (SSSR count). The second kappa shape index (κ2) is 4.82. The Bertz CT molecular complexity index is 593. The van der Waals surface area contributed by atoms with Crippen molar-refractivity contribution in [2.75, 3.05) is 0 Å². The Morgan fingerprint density at radius 2 is 1.88 bits per heavy atom. The molecule has 0 bridgehead atoms. The van der Waals surface area contributed by atoms with E-state index in [2.05, 4.69) is 39.5 Å². The van der Waals surface area contributed by atoms with E-state index in [4.69, 9.17) is 0 Å². The van der Waals surface area contributed by atoms with Crippen LogP contribution in [0.5, 0.6) is 0 Å². The van der Waals surface area contributed by atoms with E-state index in [0.29, 0.717) is 0 Å². The maximum atomic E-state index is 4.03. The first-order valence-electron chi connectivity index (χ1n) is 5.78. The SMILES string of the molecule is CC.Cc1cc(-c2ccn[nH]2)cc2[nH]ncc12. The molecule has 0 aliphatic rings. The van der Waals surface area contributed by atoms with Gasteiger partial charge in [-0.25, -0.2) is 0 Å². The number of nitrogens with zero attached hydrogens (tertiary/aromatic N) is 2. The maximum absolute atomic E-state index is 4.03. The Labute approximate surface area is 100 Å². The average molecular weight is 228 g/mol. The van der Waals surface area contributed by atoms with E-state index in [1.807, 2.05) is 26.1 Å². The first kappa shape index (κ1) is 11.4. The van der Waals surface area contributed by atoms with Crippen molar-refractivity contribution in [3.63, 3.8) is 0 Å². The summed E-state index contributed by atoms with van der Waals surface area (Å²) >= 11 is 0. The van der Waals surface area contributed by atoms with E-state index in [1.165, 1.54) is 10.9 Å². The number of aromatic nitrogens is 4. The summed E-state index contributed by atoms with van der Waals surface area (Å²) in [5.41, 5.74) is 4.42. The zero-order chi connectivity index (χ0) is 12.3. The van der Waals surface area contributed by atoms with Gasteiger partial charge >= 0.3 is 0 Å². The molecule has 0 spiro atoms. The van der Waals surface area contributed by atoms with E-state index in [0.717, 1.165) is 16.8 Å². The predicted octanol–water partition coefficient (Wildman–Crippen LogP) is 3.29. The van der Waals surface area contributed by atoms with Gasteiger partial charge in [-0.05, 0) is 30.7 Å². The summed E-state index contributed by atoms with van der Waals surface area (Å²) in [6.07, 6.45) is 3.60. The van der Waals surface area contributed by atoms with Crippen molar-refractivity contribution in [2.45, 2.75) is 20.8 Å². The monoisotopic (exact) mass is 228 g/mol. The Morgan fingerprint density at radius 3 is 2.59 bits per heavy atom. The van der Waals surface area contributed by atoms with Gasteiger partial charge in [0, 0.05) is 17.1 Å². The van der Waals surface area contributed by atoms with Crippen molar-refractivity contribution in [2.24, 2.45) is 0 Å². The topological polar surface area (TPSA) is 57.4 Å². The Kier molecular flexibility index (Phi) is 3.23. The molecule has 0 unspecified atom stereocenters. The van der Waals surface area contributed by atoms with E-state index >= 15 is 0 Å². The van der Waals surface area contributed by atoms with Crippen LogP contribution in [0.25, 0.3) is 22.2 Å². The van der Waals surface area contributed by atoms with Gasteiger partial charge in [-0.2, -0.15) is 10.2 Å². The van der Waals surface area contributed by atoms with Crippen molar-refractivity contribution in [1.82, 2.24) is 20.4 Å². The molecule has 1 aromatic carbocycles. The van der Waals surface area contributed by atoms with Gasteiger partial charge in [0.1, 0.15) is 0 Å². The molecule has 0 fully saturated rings. The third-order valence-electron chi connectivity index (χ3n) is 2.58. The Balaban J connectivity index is 0.000000514. The Morgan fingerprint density at radius 1 is 1.06 bits per heavy atom. The summed E-state index contributed by atoms with van der Waals surface area (Å²) in [6, 6.07) is 6.16. The van der Waals surface area contributed by atoms with Crippen LogP contribution in [0.15, 0.2) is 30.6 Å². The highest BCUT2D eigenvalue weighted by molar-refractivity contribution is 5.86. The zero-order valence-electron chi connectivity index (χ0n) is 10.3. The van der Waals surface area contributed by atoms with E-state index in [9.17, 15) is 0 Å². The third-order valence-corrected chi connectivity index (χ3v) is 2.58. The standard InChI is InChI=1S/C11H10N4.C2H6/c1-7-4-8(10-2-3-12-14-10)5-11-9(7)6-13-15-11;1-2/h2-6H,1H3,(H,12,14)(H,13,15);1-2H3. The van der Waals surface area contributed by atoms with Crippen LogP contribution in [0.1, 0.15) is 19.4 Å². The number of fused-ring (bicyclic) bond motifs is 1. The van der Waals surface area contributed by atoms with Gasteiger partial charge in [0.2, 0.25) is 0 Å². The molecular weight excluding hydrogens is 212 g/mol. The van der Waals surface area contributed by atoms with Crippen LogP contribution in [-0.2, 0) is 0 Å². The van der Waals surface area contributed by atoms with Crippen LogP contribution in [0, 0.1) is 6.92 Å². The zero-order valence-corrected chi connectivity index (χ0v) is 10.3. The molecule has 0 saturated heterocycles. The highest BCUT2D eigenvalue weighted by Gasteiger charge is 2.04. The van der Waals surface area contributed by atoms with Gasteiger partial charge in [-0.3, -0.25) is 10.2 Å². The summed E-state index contributed by atoms with van der Waals surface area (Å²) in [6.45, 7) is 6.08. The predicted molar refractivity (Wildman–Crippen MR) is 69.8 cm³/mol. The molecule has 0 radical (unpaired) electrons. The number of H-pyrrole nitrogens is 2. The van der Waals surface area contributed by atoms with E-state index in [1.54, 1.807) is 6.20 Å². The number of nitrogens with one attached hydrogen (secondary N) is 2. The molecule has 2 heterocycles. The Hall–Kier alpha value is -2.10. The van der Waals surface area contributed by atoms with Crippen LogP contribution in [-0.4, -0.2) is 20.4 Å². The second-order valence-corrected chi connectivity index (χ2v) is 3.59. The molecule has 4 nitrogen and oxygen atoms in total. The van der Waals surface area contributed by atoms with Crippen molar-refractivity contribution in [3.05, 3.63) is 36.2 Å². The van der Waals surface area contributed by atoms with Gasteiger partial charge in [0.25, 0.3) is 0 Å². The highest BCUT2D eigenvalue weighted by atomic mass is 15.1. The lowest BCUT2D eigenvalue weighted by molar-refractivity contribution is 1.09. The van der Waals surface area contributed by atoms with E-state index in [-0.39, 0.29) is 0 Å². The molecule has 2 aromatic heterocycles. The minimum absolute atomic E-state index is 1.02. The molecule has 0 saturated carbocycles. The first-order valence-corrected chi connectivity index (χ1v) is 5.78. The molecule has 0 atom stereocenters. The molecule has 0 aliphatic heterocycles. The van der Waals surface area contributed by atoms with Crippen LogP contribution in [0.4, 0.5) is 0 Å². The fraction of sp³-hybridized carbons (Fsp3) is 0.231. The summed E-state index contributed by atoms with van der Waals surface area (Å²) in [7, 11) is 0. The number of rotatable bonds is 1. The quantitative estimate of drug-likeness (QED) is 0.671. The van der Waals surface area contributed by atoms with Crippen LogP contribution in [0.2, 0.25) is 0 Å². The van der Waals surface area contributed by atoms with Crippen molar-refractivity contribution in [1.29, 1.82) is 0 Å². The van der Waals surface area contributed by atoms with Gasteiger partial charge in [0.05, 0.1) is 17.4 Å². The molecule has 4 heteroatoms. The highest BCUT2D eigenvalue weighted by Crippen LogP contribution is 2.24. The summed E-state index contributed by atoms with van der Waals surface area (Å²) in [4.78, 5) is 0. The van der Waals surface area contributed by atoms with Gasteiger partial charge in [-0.15, -0.1) is 0 Å². The summed E-state index contributed by atoms with van der Waals surface area (Å²) in [5.74, 6) is 0. The fourth-order valence-corrected chi connectivity index (χ4v) is 1.80. The molecule has 17 heavy (non-hydrogen) atoms. The molecule has 0 amide bonds. The number of hydrogen-bond donors (Lipinski definition) is 2. The van der Waals surface area contributed by atoms with Crippen molar-refractivity contribution < 1.29 is 0 Å². The lowest BCUT2D eigenvalue weighted by Gasteiger charge is -2.00. The van der Waals surface area contributed by atoms with Crippen LogP contribution < -0.4 is 0 Å². The summed E-state index contributed by atoms with van der Waals surface area (Å²) in [5, 5.41) is 15.1. The van der Waals surface area contributed by atoms with Crippen molar-refractivity contribution in [3.8, 4) is 11.3 Å². The van der Waals surface area contributed by atoms with Crippen LogP contribution >= 0.6 is 0 Å². The lowest BCUT2D eigenvalue weighted by Crippen LogP contribution is -1.82. The van der Waals surface area contributed by atoms with E-state index < -0.39 is 0 Å². The number of aromatic amines is 2. The molecule has 2 N–H and O–H groups in total. The van der Waals surface area contributed by atoms with Crippen LogP contribution in [0.3, 0.4) is 0 Å². The van der Waals surface area contributed by atoms with Gasteiger partial charge in [-0.1, -0.05) is 13.8 Å². The number of benzene rings is 1. The number of aryl methyl sites for hydroxylation is 1. The third kappa shape index (κ3) is 2.06. The minimum atomic E-state index is 1.02. The molecular formula is C13H16N4. The maximum Gasteiger partial charge on any atom is 0.0659 e. The minimum Gasteiger partial charge on any atom is -0.278 e. The van der Waals surface area contributed by atoms with Gasteiger partial charge in [0.15, 0.2) is 0 Å². The lowest BCUT2D eigenvalue weighted by atomic mass is 10.1. The normalized spacial score (nSPS) is 10.1. The molecule has 88 valence electrons. The number of hydrogen-bond acceptors (Lipinski definition) is 2. The van der Waals surface area contributed by atoms with Gasteiger partial charge < -0.3 is 0 Å². The second-order valence-electron chi connectivity index (χ2n) is 3.59. The molecule has 3 aromatic rings. The van der Waals surface area contributed by atoms with Crippen molar-refractivity contribution >= 4 is 10.9 Å². The largest absolute Gasteiger partial charge is 0.278 e. The smallest absolute Gasteiger partial charge is 0.0659 e.